The summed E-state index contributed by atoms with van der Waals surface area (Å²) in [6.07, 6.45) is 2.27. The van der Waals surface area contributed by atoms with Gasteiger partial charge in [-0.2, -0.15) is 4.98 Å². The van der Waals surface area contributed by atoms with Crippen LogP contribution in [0, 0.1) is 13.8 Å². The Labute approximate surface area is 134 Å². The van der Waals surface area contributed by atoms with Gasteiger partial charge in [0.2, 0.25) is 5.95 Å². The molecule has 112 valence electrons. The molecule has 0 unspecified atom stereocenters. The molecule has 0 amide bonds. The molecule has 4 nitrogen and oxygen atoms in total. The third kappa shape index (κ3) is 4.70. The Bertz CT molecular complexity index is 613. The highest BCUT2D eigenvalue weighted by atomic mass is 79.9. The highest BCUT2D eigenvalue weighted by Crippen LogP contribution is 2.23. The topological polar surface area (TPSA) is 49.8 Å². The van der Waals surface area contributed by atoms with E-state index in [0.717, 1.165) is 41.1 Å². The average molecular weight is 349 g/mol. The van der Waals surface area contributed by atoms with Crippen molar-refractivity contribution in [3.63, 3.8) is 0 Å². The summed E-state index contributed by atoms with van der Waals surface area (Å²) < 4.78 is 1.11. The van der Waals surface area contributed by atoms with Crippen molar-refractivity contribution < 1.29 is 0 Å². The molecule has 2 rings (SSSR count). The van der Waals surface area contributed by atoms with E-state index in [0.29, 0.717) is 5.95 Å². The molecule has 2 aromatic rings. The number of aromatic nitrogens is 2. The first-order chi connectivity index (χ1) is 10.1. The van der Waals surface area contributed by atoms with Crippen molar-refractivity contribution in [2.45, 2.75) is 33.6 Å². The molecule has 0 saturated carbocycles. The summed E-state index contributed by atoms with van der Waals surface area (Å²) in [5, 5.41) is 6.60. The lowest BCUT2D eigenvalue weighted by atomic mass is 10.2. The van der Waals surface area contributed by atoms with Gasteiger partial charge in [0.05, 0.1) is 0 Å². The summed E-state index contributed by atoms with van der Waals surface area (Å²) in [6.45, 7) is 7.11. The van der Waals surface area contributed by atoms with E-state index >= 15 is 0 Å². The van der Waals surface area contributed by atoms with Crippen LogP contribution in [0.2, 0.25) is 0 Å². The van der Waals surface area contributed by atoms with Crippen LogP contribution >= 0.6 is 15.9 Å². The summed E-state index contributed by atoms with van der Waals surface area (Å²) in [5.74, 6) is 1.49. The van der Waals surface area contributed by atoms with Gasteiger partial charge in [-0.15, -0.1) is 0 Å². The molecule has 0 fully saturated rings. The standard InChI is InChI=1S/C16H21BrN4/c1-4-5-8-18-16-19-12(3)10-15(21-16)20-13-6-7-14(17)11(2)9-13/h6-7,9-10H,4-5,8H2,1-3H3,(H2,18,19,20,21). The van der Waals surface area contributed by atoms with Crippen molar-refractivity contribution >= 4 is 33.4 Å². The van der Waals surface area contributed by atoms with Crippen LogP contribution in [-0.2, 0) is 0 Å². The van der Waals surface area contributed by atoms with Crippen molar-refractivity contribution in [1.29, 1.82) is 0 Å². The fourth-order valence-electron chi connectivity index (χ4n) is 1.96. The Kier molecular flexibility index (Phi) is 5.56. The SMILES string of the molecule is CCCCNc1nc(C)cc(Nc2ccc(Br)c(C)c2)n1. The molecule has 0 aliphatic heterocycles. The Morgan fingerprint density at radius 1 is 1.14 bits per heavy atom. The number of unbranched alkanes of at least 4 members (excludes halogenated alkanes) is 1. The molecule has 0 atom stereocenters. The van der Waals surface area contributed by atoms with E-state index in [1.807, 2.05) is 25.1 Å². The van der Waals surface area contributed by atoms with Gasteiger partial charge in [0, 0.05) is 28.5 Å². The van der Waals surface area contributed by atoms with Gasteiger partial charge in [0.25, 0.3) is 0 Å². The summed E-state index contributed by atoms with van der Waals surface area (Å²) in [4.78, 5) is 8.92. The summed E-state index contributed by atoms with van der Waals surface area (Å²) in [6, 6.07) is 8.10. The van der Waals surface area contributed by atoms with E-state index in [1.165, 1.54) is 5.56 Å². The summed E-state index contributed by atoms with van der Waals surface area (Å²) >= 11 is 3.51. The van der Waals surface area contributed by atoms with Crippen LogP contribution in [-0.4, -0.2) is 16.5 Å². The third-order valence-corrected chi connectivity index (χ3v) is 3.99. The van der Waals surface area contributed by atoms with Gasteiger partial charge in [-0.1, -0.05) is 29.3 Å². The van der Waals surface area contributed by atoms with E-state index in [-0.39, 0.29) is 0 Å². The Balaban J connectivity index is 2.13. The van der Waals surface area contributed by atoms with Gasteiger partial charge in [-0.05, 0) is 44.0 Å². The molecule has 0 aliphatic carbocycles. The molecule has 0 radical (unpaired) electrons. The van der Waals surface area contributed by atoms with Crippen LogP contribution in [0.15, 0.2) is 28.7 Å². The molecule has 21 heavy (non-hydrogen) atoms. The van der Waals surface area contributed by atoms with Crippen molar-refractivity contribution in [2.75, 3.05) is 17.2 Å². The number of benzene rings is 1. The minimum absolute atomic E-state index is 0.680. The average Bonchev–Trinajstić information content (AvgIpc) is 2.43. The molecule has 1 heterocycles. The zero-order valence-electron chi connectivity index (χ0n) is 12.7. The second-order valence-electron chi connectivity index (χ2n) is 5.09. The number of nitrogens with one attached hydrogen (secondary N) is 2. The molecule has 1 aromatic carbocycles. The van der Waals surface area contributed by atoms with Gasteiger partial charge in [0.15, 0.2) is 0 Å². The second kappa shape index (κ2) is 7.41. The van der Waals surface area contributed by atoms with E-state index in [9.17, 15) is 0 Å². The van der Waals surface area contributed by atoms with Gasteiger partial charge in [-0.3, -0.25) is 0 Å². The predicted octanol–water partition coefficient (Wildman–Crippen LogP) is 4.81. The Hall–Kier alpha value is -1.62. The van der Waals surface area contributed by atoms with Crippen LogP contribution in [0.1, 0.15) is 31.0 Å². The number of rotatable bonds is 6. The molecular formula is C16H21BrN4. The molecule has 0 aliphatic rings. The zero-order chi connectivity index (χ0) is 15.2. The smallest absolute Gasteiger partial charge is 0.224 e. The summed E-state index contributed by atoms with van der Waals surface area (Å²) in [7, 11) is 0. The maximum Gasteiger partial charge on any atom is 0.224 e. The Morgan fingerprint density at radius 2 is 1.95 bits per heavy atom. The fourth-order valence-corrected chi connectivity index (χ4v) is 2.21. The number of aryl methyl sites for hydroxylation is 2. The first-order valence-corrected chi connectivity index (χ1v) is 8.00. The lowest BCUT2D eigenvalue weighted by Crippen LogP contribution is -2.07. The number of halogens is 1. The van der Waals surface area contributed by atoms with Crippen LogP contribution in [0.5, 0.6) is 0 Å². The van der Waals surface area contributed by atoms with Crippen molar-refractivity contribution in [3.05, 3.63) is 40.0 Å². The van der Waals surface area contributed by atoms with Crippen LogP contribution in [0.3, 0.4) is 0 Å². The fraction of sp³-hybridized carbons (Fsp3) is 0.375. The molecule has 0 saturated heterocycles. The number of anilines is 3. The molecule has 5 heteroatoms. The van der Waals surface area contributed by atoms with Gasteiger partial charge in [0.1, 0.15) is 5.82 Å². The van der Waals surface area contributed by atoms with E-state index in [1.54, 1.807) is 0 Å². The van der Waals surface area contributed by atoms with Crippen molar-refractivity contribution in [3.8, 4) is 0 Å². The molecular weight excluding hydrogens is 328 g/mol. The van der Waals surface area contributed by atoms with Crippen LogP contribution < -0.4 is 10.6 Å². The maximum absolute atomic E-state index is 4.51. The second-order valence-corrected chi connectivity index (χ2v) is 5.94. The Morgan fingerprint density at radius 3 is 2.67 bits per heavy atom. The first kappa shape index (κ1) is 15.8. The summed E-state index contributed by atoms with van der Waals surface area (Å²) in [5.41, 5.74) is 3.15. The molecule has 0 bridgehead atoms. The molecule has 1 aromatic heterocycles. The molecule has 0 spiro atoms. The van der Waals surface area contributed by atoms with Gasteiger partial charge >= 0.3 is 0 Å². The quantitative estimate of drug-likeness (QED) is 0.735. The molecule has 2 N–H and O–H groups in total. The minimum atomic E-state index is 0.680. The van der Waals surface area contributed by atoms with Crippen LogP contribution in [0.4, 0.5) is 17.5 Å². The van der Waals surface area contributed by atoms with E-state index < -0.39 is 0 Å². The highest BCUT2D eigenvalue weighted by molar-refractivity contribution is 9.10. The van der Waals surface area contributed by atoms with E-state index in [4.69, 9.17) is 0 Å². The predicted molar refractivity (Wildman–Crippen MR) is 92.3 cm³/mol. The largest absolute Gasteiger partial charge is 0.354 e. The lowest BCUT2D eigenvalue weighted by molar-refractivity contribution is 0.825. The van der Waals surface area contributed by atoms with Crippen molar-refractivity contribution in [2.24, 2.45) is 0 Å². The van der Waals surface area contributed by atoms with Gasteiger partial charge in [-0.25, -0.2) is 4.98 Å². The van der Waals surface area contributed by atoms with Gasteiger partial charge < -0.3 is 10.6 Å². The normalized spacial score (nSPS) is 10.5. The number of nitrogens with zero attached hydrogens (tertiary/aromatic N) is 2. The maximum atomic E-state index is 4.51. The van der Waals surface area contributed by atoms with Crippen molar-refractivity contribution in [1.82, 2.24) is 9.97 Å². The number of hydrogen-bond acceptors (Lipinski definition) is 4. The number of hydrogen-bond donors (Lipinski definition) is 2. The monoisotopic (exact) mass is 348 g/mol. The third-order valence-electron chi connectivity index (χ3n) is 3.10. The highest BCUT2D eigenvalue weighted by Gasteiger charge is 2.03. The zero-order valence-corrected chi connectivity index (χ0v) is 14.3. The van der Waals surface area contributed by atoms with Crippen LogP contribution in [0.25, 0.3) is 0 Å². The lowest BCUT2D eigenvalue weighted by Gasteiger charge is -2.10. The van der Waals surface area contributed by atoms with E-state index in [2.05, 4.69) is 56.4 Å². The first-order valence-electron chi connectivity index (χ1n) is 7.21. The minimum Gasteiger partial charge on any atom is -0.354 e.